The van der Waals surface area contributed by atoms with E-state index in [1.54, 1.807) is 11.6 Å². The summed E-state index contributed by atoms with van der Waals surface area (Å²) >= 11 is 0. The Morgan fingerprint density at radius 2 is 1.62 bits per heavy atom. The summed E-state index contributed by atoms with van der Waals surface area (Å²) in [6.07, 6.45) is 0.450. The molecular weight excluding hydrogens is 321 g/mol. The first-order chi connectivity index (χ1) is 11.5. The number of ether oxygens (including phenoxy) is 1. The lowest BCUT2D eigenvalue weighted by Crippen LogP contribution is -2.40. The number of benzene rings is 2. The van der Waals surface area contributed by atoms with Crippen molar-refractivity contribution in [3.8, 4) is 0 Å². The van der Waals surface area contributed by atoms with E-state index in [1.165, 1.54) is 7.11 Å². The van der Waals surface area contributed by atoms with Gasteiger partial charge in [0.1, 0.15) is 6.04 Å². The van der Waals surface area contributed by atoms with E-state index in [-0.39, 0.29) is 5.97 Å². The quantitative estimate of drug-likeness (QED) is 0.567. The number of nitrogens with zero attached hydrogens (tertiary/aromatic N) is 1. The van der Waals surface area contributed by atoms with Gasteiger partial charge in [0.15, 0.2) is 7.29 Å². The minimum absolute atomic E-state index is 0.379. The van der Waals surface area contributed by atoms with E-state index >= 15 is 0 Å². The van der Waals surface area contributed by atoms with Crippen LogP contribution in [0.5, 0.6) is 0 Å². The van der Waals surface area contributed by atoms with Gasteiger partial charge in [-0.05, 0) is 12.5 Å². The highest BCUT2D eigenvalue weighted by atomic mass is 31.2. The molecule has 128 valence electrons. The molecule has 0 heterocycles. The SMILES string of the molecule is CC[P@@](=O)(c1ccccc1)N(Cc1ccccc1)[C@H](C)C(=O)OC. The Bertz CT molecular complexity index is 703. The van der Waals surface area contributed by atoms with E-state index in [4.69, 9.17) is 4.74 Å². The van der Waals surface area contributed by atoms with Crippen LogP contribution in [0.25, 0.3) is 0 Å². The summed E-state index contributed by atoms with van der Waals surface area (Å²) in [7, 11) is -1.56. The van der Waals surface area contributed by atoms with E-state index in [1.807, 2.05) is 67.6 Å². The average molecular weight is 345 g/mol. The number of esters is 1. The van der Waals surface area contributed by atoms with Gasteiger partial charge < -0.3 is 9.30 Å². The molecule has 0 aliphatic carbocycles. The van der Waals surface area contributed by atoms with Gasteiger partial charge in [-0.15, -0.1) is 0 Å². The molecule has 0 N–H and O–H groups in total. The minimum atomic E-state index is -2.92. The number of carbonyl (C=O) groups is 1. The summed E-state index contributed by atoms with van der Waals surface area (Å²) in [5, 5.41) is 0.763. The Kier molecular flexibility index (Phi) is 6.36. The fourth-order valence-electron chi connectivity index (χ4n) is 2.77. The van der Waals surface area contributed by atoms with Crippen molar-refractivity contribution in [3.63, 3.8) is 0 Å². The zero-order valence-electron chi connectivity index (χ0n) is 14.4. The fourth-order valence-corrected chi connectivity index (χ4v) is 5.48. The van der Waals surface area contributed by atoms with Crippen molar-refractivity contribution in [2.24, 2.45) is 0 Å². The van der Waals surface area contributed by atoms with E-state index in [0.29, 0.717) is 12.7 Å². The molecule has 0 bridgehead atoms. The molecule has 0 spiro atoms. The normalized spacial score (nSPS) is 14.8. The van der Waals surface area contributed by atoms with Crippen molar-refractivity contribution in [2.45, 2.75) is 26.4 Å². The van der Waals surface area contributed by atoms with E-state index in [9.17, 15) is 9.36 Å². The van der Waals surface area contributed by atoms with Gasteiger partial charge in [0.25, 0.3) is 0 Å². The number of hydrogen-bond donors (Lipinski definition) is 0. The Hall–Kier alpha value is -1.90. The molecule has 0 fully saturated rings. The standard InChI is InChI=1S/C19H24NO3P/c1-4-24(22,18-13-9-6-10-14-18)20(16(2)19(21)23-3)15-17-11-7-5-8-12-17/h5-14,16H,4,15H2,1-3H3/t16-,24-/m1/s1. The van der Waals surface area contributed by atoms with E-state index < -0.39 is 13.3 Å². The highest BCUT2D eigenvalue weighted by Gasteiger charge is 2.37. The first kappa shape index (κ1) is 18.4. The summed E-state index contributed by atoms with van der Waals surface area (Å²) in [5.74, 6) is -0.379. The number of methoxy groups -OCH3 is 1. The molecule has 2 aromatic rings. The van der Waals surface area contributed by atoms with Crippen LogP contribution in [-0.2, 0) is 20.6 Å². The molecule has 0 aromatic heterocycles. The number of hydrogen-bond acceptors (Lipinski definition) is 3. The molecule has 0 unspecified atom stereocenters. The molecule has 0 saturated heterocycles. The van der Waals surface area contributed by atoms with Gasteiger partial charge in [0, 0.05) is 18.0 Å². The zero-order valence-corrected chi connectivity index (χ0v) is 15.3. The zero-order chi connectivity index (χ0) is 17.6. The van der Waals surface area contributed by atoms with Crippen LogP contribution in [0.15, 0.2) is 60.7 Å². The molecule has 2 atom stereocenters. The van der Waals surface area contributed by atoms with Crippen molar-refractivity contribution in [2.75, 3.05) is 13.3 Å². The van der Waals surface area contributed by atoms with Crippen LogP contribution in [0.4, 0.5) is 0 Å². The molecule has 0 aliphatic rings. The van der Waals surface area contributed by atoms with Gasteiger partial charge in [-0.25, -0.2) is 4.67 Å². The summed E-state index contributed by atoms with van der Waals surface area (Å²) in [6.45, 7) is 4.08. The minimum Gasteiger partial charge on any atom is -0.468 e. The second-order valence-corrected chi connectivity index (χ2v) is 8.70. The van der Waals surface area contributed by atoms with Crippen molar-refractivity contribution in [3.05, 3.63) is 66.2 Å². The smallest absolute Gasteiger partial charge is 0.323 e. The molecular formula is C19H24NO3P. The molecule has 5 heteroatoms. The highest BCUT2D eigenvalue weighted by Crippen LogP contribution is 2.50. The highest BCUT2D eigenvalue weighted by molar-refractivity contribution is 7.69. The van der Waals surface area contributed by atoms with Crippen LogP contribution in [0.1, 0.15) is 19.4 Å². The molecule has 2 rings (SSSR count). The molecule has 0 saturated carbocycles. The lowest BCUT2D eigenvalue weighted by Gasteiger charge is -2.35. The largest absolute Gasteiger partial charge is 0.468 e. The first-order valence-corrected chi connectivity index (χ1v) is 9.91. The van der Waals surface area contributed by atoms with Gasteiger partial charge in [0.2, 0.25) is 0 Å². The third kappa shape index (κ3) is 3.95. The summed E-state index contributed by atoms with van der Waals surface area (Å²) in [6, 6.07) is 18.6. The third-order valence-corrected chi connectivity index (χ3v) is 7.46. The molecule has 0 amide bonds. The van der Waals surface area contributed by atoms with Crippen LogP contribution in [0, 0.1) is 0 Å². The predicted octanol–water partition coefficient (Wildman–Crippen LogP) is 3.67. The van der Waals surface area contributed by atoms with Gasteiger partial charge in [-0.3, -0.25) is 4.79 Å². The van der Waals surface area contributed by atoms with Crippen LogP contribution in [0.3, 0.4) is 0 Å². The predicted molar refractivity (Wildman–Crippen MR) is 97.7 cm³/mol. The number of rotatable bonds is 7. The molecule has 24 heavy (non-hydrogen) atoms. The van der Waals surface area contributed by atoms with Crippen molar-refractivity contribution >= 4 is 18.6 Å². The lowest BCUT2D eigenvalue weighted by molar-refractivity contribution is -0.144. The average Bonchev–Trinajstić information content (AvgIpc) is 2.65. The summed E-state index contributed by atoms with van der Waals surface area (Å²) < 4.78 is 20.6. The van der Waals surface area contributed by atoms with Gasteiger partial charge in [-0.1, -0.05) is 67.6 Å². The summed E-state index contributed by atoms with van der Waals surface area (Å²) in [4.78, 5) is 12.2. The van der Waals surface area contributed by atoms with Crippen molar-refractivity contribution < 1.29 is 14.1 Å². The maximum atomic E-state index is 13.9. The van der Waals surface area contributed by atoms with E-state index in [0.717, 1.165) is 10.9 Å². The fraction of sp³-hybridized carbons (Fsp3) is 0.316. The first-order valence-electron chi connectivity index (χ1n) is 8.06. The van der Waals surface area contributed by atoms with Crippen LogP contribution in [-0.4, -0.2) is 30.0 Å². The molecule has 0 aliphatic heterocycles. The Morgan fingerprint density at radius 3 is 2.12 bits per heavy atom. The van der Waals surface area contributed by atoms with Crippen LogP contribution < -0.4 is 5.30 Å². The van der Waals surface area contributed by atoms with Crippen LogP contribution >= 0.6 is 7.29 Å². The molecule has 0 radical (unpaired) electrons. The Labute approximate surface area is 143 Å². The molecule has 2 aromatic carbocycles. The van der Waals surface area contributed by atoms with Gasteiger partial charge in [-0.2, -0.15) is 0 Å². The Morgan fingerprint density at radius 1 is 1.08 bits per heavy atom. The van der Waals surface area contributed by atoms with Gasteiger partial charge >= 0.3 is 5.97 Å². The summed E-state index contributed by atoms with van der Waals surface area (Å²) in [5.41, 5.74) is 1.01. The maximum Gasteiger partial charge on any atom is 0.323 e. The third-order valence-electron chi connectivity index (χ3n) is 4.18. The Balaban J connectivity index is 2.47. The second kappa shape index (κ2) is 8.27. The monoisotopic (exact) mass is 345 g/mol. The topological polar surface area (TPSA) is 46.6 Å². The van der Waals surface area contributed by atoms with Crippen molar-refractivity contribution in [1.82, 2.24) is 4.67 Å². The van der Waals surface area contributed by atoms with Gasteiger partial charge in [0.05, 0.1) is 7.11 Å². The second-order valence-electron chi connectivity index (χ2n) is 5.64. The van der Waals surface area contributed by atoms with Crippen molar-refractivity contribution in [1.29, 1.82) is 0 Å². The molecule has 4 nitrogen and oxygen atoms in total. The van der Waals surface area contributed by atoms with E-state index in [2.05, 4.69) is 0 Å². The maximum absolute atomic E-state index is 13.9. The lowest BCUT2D eigenvalue weighted by atomic mass is 10.2. The number of carbonyl (C=O) groups excluding carboxylic acids is 1. The van der Waals surface area contributed by atoms with Crippen LogP contribution in [0.2, 0.25) is 0 Å².